The lowest BCUT2D eigenvalue weighted by Crippen LogP contribution is -2.32. The number of aryl methyl sites for hydroxylation is 1. The maximum Gasteiger partial charge on any atom is 0.248 e. The standard InChI is InChI=1S/C13H17N7O/c1-4-19-8(3)9(5-16-19)11-10(12(14)21)7(2)18-13-15-6-17-20(11)13/h5-6,11H,4H2,1-3H3,(H2,14,21)(H,15,17,18)/t11-/m0/s1. The van der Waals surface area contributed by atoms with Crippen LogP contribution in [0.3, 0.4) is 0 Å². The number of carbonyl (C=O) groups is 1. The third kappa shape index (κ3) is 1.91. The van der Waals surface area contributed by atoms with Crippen LogP contribution in [0.15, 0.2) is 23.8 Å². The molecule has 1 amide bonds. The third-order valence-corrected chi connectivity index (χ3v) is 3.80. The van der Waals surface area contributed by atoms with Crippen molar-refractivity contribution in [3.05, 3.63) is 35.1 Å². The number of allylic oxidation sites excluding steroid dienone is 1. The lowest BCUT2D eigenvalue weighted by molar-refractivity contribution is -0.115. The molecule has 0 radical (unpaired) electrons. The zero-order valence-corrected chi connectivity index (χ0v) is 12.2. The summed E-state index contributed by atoms with van der Waals surface area (Å²) in [6.07, 6.45) is 3.21. The Hall–Kier alpha value is -2.64. The summed E-state index contributed by atoms with van der Waals surface area (Å²) in [7, 11) is 0. The van der Waals surface area contributed by atoms with E-state index < -0.39 is 11.9 Å². The molecule has 8 heteroatoms. The lowest BCUT2D eigenvalue weighted by Gasteiger charge is -2.27. The minimum atomic E-state index is -0.477. The lowest BCUT2D eigenvalue weighted by atomic mass is 9.96. The molecule has 0 saturated carbocycles. The van der Waals surface area contributed by atoms with Gasteiger partial charge in [-0.1, -0.05) is 0 Å². The fourth-order valence-electron chi connectivity index (χ4n) is 2.75. The van der Waals surface area contributed by atoms with Gasteiger partial charge in [0.1, 0.15) is 12.4 Å². The van der Waals surface area contributed by atoms with Gasteiger partial charge in [-0.05, 0) is 20.8 Å². The molecule has 8 nitrogen and oxygen atoms in total. The summed E-state index contributed by atoms with van der Waals surface area (Å²) in [4.78, 5) is 16.1. The van der Waals surface area contributed by atoms with Crippen LogP contribution in [0.4, 0.5) is 5.95 Å². The molecule has 0 spiro atoms. The molecule has 2 aromatic rings. The summed E-state index contributed by atoms with van der Waals surface area (Å²) in [5.74, 6) is 0.112. The van der Waals surface area contributed by atoms with Crippen molar-refractivity contribution in [1.82, 2.24) is 24.5 Å². The van der Waals surface area contributed by atoms with Gasteiger partial charge in [-0.15, -0.1) is 0 Å². The topological polar surface area (TPSA) is 104 Å². The number of nitrogens with one attached hydrogen (secondary N) is 1. The molecule has 21 heavy (non-hydrogen) atoms. The molecular formula is C13H17N7O. The van der Waals surface area contributed by atoms with E-state index in [0.29, 0.717) is 17.2 Å². The number of nitrogens with two attached hydrogens (primary N) is 1. The van der Waals surface area contributed by atoms with E-state index in [2.05, 4.69) is 20.5 Å². The van der Waals surface area contributed by atoms with E-state index in [-0.39, 0.29) is 0 Å². The van der Waals surface area contributed by atoms with Crippen LogP contribution < -0.4 is 11.1 Å². The second-order valence-corrected chi connectivity index (χ2v) is 4.96. The molecule has 0 saturated heterocycles. The fraction of sp³-hybridized carbons (Fsp3) is 0.385. The van der Waals surface area contributed by atoms with Crippen molar-refractivity contribution in [3.63, 3.8) is 0 Å². The number of carbonyl (C=O) groups excluding carboxylic acids is 1. The highest BCUT2D eigenvalue weighted by molar-refractivity contribution is 5.95. The Labute approximate surface area is 121 Å². The molecule has 1 aliphatic rings. The van der Waals surface area contributed by atoms with Gasteiger partial charge < -0.3 is 11.1 Å². The first-order valence-corrected chi connectivity index (χ1v) is 6.74. The van der Waals surface area contributed by atoms with E-state index in [9.17, 15) is 4.79 Å². The average molecular weight is 287 g/mol. The zero-order chi connectivity index (χ0) is 15.1. The van der Waals surface area contributed by atoms with Gasteiger partial charge in [0.05, 0.1) is 11.8 Å². The minimum absolute atomic E-state index is 0.401. The SMILES string of the molecule is CCn1ncc([C@H]2C(C(N)=O)=C(C)Nc3ncnn32)c1C. The van der Waals surface area contributed by atoms with Crippen molar-refractivity contribution in [3.8, 4) is 0 Å². The Bertz CT molecular complexity index is 740. The zero-order valence-electron chi connectivity index (χ0n) is 12.2. The molecular weight excluding hydrogens is 270 g/mol. The van der Waals surface area contributed by atoms with Gasteiger partial charge in [-0.3, -0.25) is 9.48 Å². The van der Waals surface area contributed by atoms with Crippen molar-refractivity contribution >= 4 is 11.9 Å². The molecule has 0 fully saturated rings. The van der Waals surface area contributed by atoms with Crippen molar-refractivity contribution in [1.29, 1.82) is 0 Å². The number of nitrogens with zero attached hydrogens (tertiary/aromatic N) is 5. The summed E-state index contributed by atoms with van der Waals surface area (Å²) in [6.45, 7) is 6.56. The smallest absolute Gasteiger partial charge is 0.248 e. The summed E-state index contributed by atoms with van der Waals surface area (Å²) in [5, 5.41) is 11.6. The number of rotatable bonds is 3. The number of aromatic nitrogens is 5. The molecule has 1 atom stereocenters. The molecule has 3 rings (SSSR count). The number of anilines is 1. The first-order chi connectivity index (χ1) is 10.0. The highest BCUT2D eigenvalue weighted by Gasteiger charge is 2.34. The van der Waals surface area contributed by atoms with Crippen LogP contribution in [0.2, 0.25) is 0 Å². The highest BCUT2D eigenvalue weighted by atomic mass is 16.1. The van der Waals surface area contributed by atoms with Gasteiger partial charge in [0.2, 0.25) is 11.9 Å². The summed E-state index contributed by atoms with van der Waals surface area (Å²) >= 11 is 0. The molecule has 110 valence electrons. The van der Waals surface area contributed by atoms with Crippen molar-refractivity contribution in [2.24, 2.45) is 5.73 Å². The predicted molar refractivity (Wildman–Crippen MR) is 76.3 cm³/mol. The van der Waals surface area contributed by atoms with E-state index in [1.54, 1.807) is 10.9 Å². The van der Waals surface area contributed by atoms with Gasteiger partial charge in [0, 0.05) is 23.5 Å². The molecule has 0 bridgehead atoms. The number of fused-ring (bicyclic) bond motifs is 1. The molecule has 3 N–H and O–H groups in total. The van der Waals surface area contributed by atoms with Crippen LogP contribution in [0.1, 0.15) is 31.1 Å². The number of hydrogen-bond donors (Lipinski definition) is 2. The third-order valence-electron chi connectivity index (χ3n) is 3.80. The summed E-state index contributed by atoms with van der Waals surface area (Å²) in [6, 6.07) is -0.401. The van der Waals surface area contributed by atoms with Crippen LogP contribution >= 0.6 is 0 Å². The Morgan fingerprint density at radius 3 is 2.81 bits per heavy atom. The van der Waals surface area contributed by atoms with Gasteiger partial charge >= 0.3 is 0 Å². The molecule has 0 unspecified atom stereocenters. The fourth-order valence-corrected chi connectivity index (χ4v) is 2.75. The molecule has 0 aliphatic carbocycles. The molecule has 1 aliphatic heterocycles. The van der Waals surface area contributed by atoms with Crippen LogP contribution in [0, 0.1) is 6.92 Å². The predicted octanol–water partition coefficient (Wildman–Crippen LogP) is 0.577. The largest absolute Gasteiger partial charge is 0.366 e. The van der Waals surface area contributed by atoms with Crippen molar-refractivity contribution in [2.45, 2.75) is 33.4 Å². The Kier molecular flexibility index (Phi) is 3.00. The van der Waals surface area contributed by atoms with Crippen molar-refractivity contribution < 1.29 is 4.79 Å². The van der Waals surface area contributed by atoms with Crippen LogP contribution in [0.5, 0.6) is 0 Å². The van der Waals surface area contributed by atoms with E-state index in [0.717, 1.165) is 17.8 Å². The monoisotopic (exact) mass is 287 g/mol. The molecule has 0 aromatic carbocycles. The second kappa shape index (κ2) is 4.72. The van der Waals surface area contributed by atoms with E-state index in [1.165, 1.54) is 6.33 Å². The van der Waals surface area contributed by atoms with Gasteiger partial charge in [-0.2, -0.15) is 15.2 Å². The van der Waals surface area contributed by atoms with Gasteiger partial charge in [0.15, 0.2) is 0 Å². The number of amides is 1. The first-order valence-electron chi connectivity index (χ1n) is 6.74. The second-order valence-electron chi connectivity index (χ2n) is 4.96. The molecule has 3 heterocycles. The van der Waals surface area contributed by atoms with Crippen molar-refractivity contribution in [2.75, 3.05) is 5.32 Å². The number of hydrogen-bond acceptors (Lipinski definition) is 5. The van der Waals surface area contributed by atoms with Gasteiger partial charge in [-0.25, -0.2) is 4.68 Å². The van der Waals surface area contributed by atoms with E-state index in [1.807, 2.05) is 25.5 Å². The van der Waals surface area contributed by atoms with Gasteiger partial charge in [0.25, 0.3) is 0 Å². The first kappa shape index (κ1) is 13.3. The summed E-state index contributed by atoms with van der Waals surface area (Å²) in [5.41, 5.74) is 8.63. The van der Waals surface area contributed by atoms with Crippen LogP contribution in [0.25, 0.3) is 0 Å². The maximum atomic E-state index is 11.9. The normalized spacial score (nSPS) is 17.6. The minimum Gasteiger partial charge on any atom is -0.366 e. The Morgan fingerprint density at radius 2 is 2.19 bits per heavy atom. The van der Waals surface area contributed by atoms with Crippen LogP contribution in [-0.2, 0) is 11.3 Å². The Morgan fingerprint density at radius 1 is 1.43 bits per heavy atom. The van der Waals surface area contributed by atoms with Crippen LogP contribution in [-0.4, -0.2) is 30.5 Å². The number of primary amides is 1. The quantitative estimate of drug-likeness (QED) is 0.859. The van der Waals surface area contributed by atoms with E-state index >= 15 is 0 Å². The Balaban J connectivity index is 2.22. The van der Waals surface area contributed by atoms with E-state index in [4.69, 9.17) is 5.73 Å². The summed E-state index contributed by atoms with van der Waals surface area (Å²) < 4.78 is 3.54. The maximum absolute atomic E-state index is 11.9. The highest BCUT2D eigenvalue weighted by Crippen LogP contribution is 2.35. The average Bonchev–Trinajstić information content (AvgIpc) is 3.03. The molecule has 2 aromatic heterocycles.